The summed E-state index contributed by atoms with van der Waals surface area (Å²) in [5.74, 6) is -1.09. The summed E-state index contributed by atoms with van der Waals surface area (Å²) in [6, 6.07) is 8.38. The molecule has 0 spiro atoms. The summed E-state index contributed by atoms with van der Waals surface area (Å²) in [5, 5.41) is 7.08. The molecule has 1 fully saturated rings. The largest absolute Gasteiger partial charge is 0.389 e. The molecule has 2 unspecified atom stereocenters. The molecule has 0 radical (unpaired) electrons. The summed E-state index contributed by atoms with van der Waals surface area (Å²) in [6.07, 6.45) is 3.30. The predicted octanol–water partition coefficient (Wildman–Crippen LogP) is 0.668. The molecule has 8 heteroatoms. The molecule has 1 saturated heterocycles. The first kappa shape index (κ1) is 19.8. The van der Waals surface area contributed by atoms with Crippen LogP contribution in [0, 0.1) is 5.92 Å². The van der Waals surface area contributed by atoms with Crippen LogP contribution < -0.4 is 16.8 Å². The monoisotopic (exact) mass is 383 g/mol. The van der Waals surface area contributed by atoms with Crippen LogP contribution in [0.25, 0.3) is 0 Å². The molecule has 8 nitrogen and oxygen atoms in total. The van der Waals surface area contributed by atoms with Crippen LogP contribution in [0.5, 0.6) is 0 Å². The van der Waals surface area contributed by atoms with Gasteiger partial charge in [0.05, 0.1) is 6.04 Å². The fraction of sp³-hybridized carbons (Fsp3) is 0.400. The Bertz CT molecular complexity index is 826. The maximum absolute atomic E-state index is 12.9. The summed E-state index contributed by atoms with van der Waals surface area (Å²) in [7, 11) is 0. The Labute approximate surface area is 163 Å². The number of amides is 1. The Balaban J connectivity index is 1.79. The third-order valence-electron chi connectivity index (χ3n) is 4.99. The van der Waals surface area contributed by atoms with Gasteiger partial charge in [-0.05, 0) is 31.0 Å². The van der Waals surface area contributed by atoms with E-state index in [9.17, 15) is 9.59 Å². The molecule has 1 amide bonds. The van der Waals surface area contributed by atoms with Gasteiger partial charge in [-0.15, -0.1) is 0 Å². The first-order chi connectivity index (χ1) is 13.5. The molecule has 2 heterocycles. The van der Waals surface area contributed by atoms with Crippen molar-refractivity contribution in [2.75, 3.05) is 6.54 Å². The van der Waals surface area contributed by atoms with Crippen LogP contribution in [0.4, 0.5) is 0 Å². The Hall–Kier alpha value is -3.00. The zero-order valence-electron chi connectivity index (χ0n) is 15.8. The fourth-order valence-electron chi connectivity index (χ4n) is 3.40. The van der Waals surface area contributed by atoms with Crippen LogP contribution in [0.1, 0.15) is 25.3 Å². The minimum absolute atomic E-state index is 0.00115. The summed E-state index contributed by atoms with van der Waals surface area (Å²) < 4.78 is 0. The molecule has 28 heavy (non-hydrogen) atoms. The lowest BCUT2D eigenvalue weighted by molar-refractivity contribution is -0.120. The third kappa shape index (κ3) is 4.45. The van der Waals surface area contributed by atoms with Gasteiger partial charge in [-0.25, -0.2) is 0 Å². The second-order valence-corrected chi connectivity index (χ2v) is 7.00. The van der Waals surface area contributed by atoms with Crippen molar-refractivity contribution in [3.8, 4) is 0 Å². The van der Waals surface area contributed by atoms with Gasteiger partial charge in [0.25, 0.3) is 0 Å². The lowest BCUT2D eigenvalue weighted by Crippen LogP contribution is -2.43. The lowest BCUT2D eigenvalue weighted by Gasteiger charge is -2.26. The number of benzene rings is 1. The molecular weight excluding hydrogens is 358 g/mol. The molecule has 5 N–H and O–H groups in total. The van der Waals surface area contributed by atoms with E-state index in [1.54, 1.807) is 13.0 Å². The normalized spacial score (nSPS) is 25.0. The third-order valence-corrected chi connectivity index (χ3v) is 4.99. The van der Waals surface area contributed by atoms with Gasteiger partial charge in [-0.2, -0.15) is 0 Å². The number of carbonyl (C=O) groups excluding carboxylic acids is 2. The Morgan fingerprint density at radius 1 is 1.29 bits per heavy atom. The molecule has 2 aliphatic heterocycles. The number of hydrogen-bond donors (Lipinski definition) is 3. The number of rotatable bonds is 7. The van der Waals surface area contributed by atoms with E-state index in [2.05, 4.69) is 15.5 Å². The number of nitrogens with one attached hydrogen (secondary N) is 1. The van der Waals surface area contributed by atoms with Gasteiger partial charge in [0, 0.05) is 11.5 Å². The fourth-order valence-corrected chi connectivity index (χ4v) is 3.40. The number of ketones is 1. The summed E-state index contributed by atoms with van der Waals surface area (Å²) in [5.41, 5.74) is 13.2. The molecule has 3 atom stereocenters. The topological polar surface area (TPSA) is 132 Å². The number of hydrogen-bond acceptors (Lipinski definition) is 6. The number of dihydropyridines is 1. The predicted molar refractivity (Wildman–Crippen MR) is 107 cm³/mol. The minimum atomic E-state index is -0.872. The van der Waals surface area contributed by atoms with Crippen LogP contribution in [-0.2, 0) is 21.0 Å². The second kappa shape index (κ2) is 8.79. The number of oxime groups is 1. The van der Waals surface area contributed by atoms with Crippen molar-refractivity contribution in [3.63, 3.8) is 0 Å². The van der Waals surface area contributed by atoms with Crippen LogP contribution >= 0.6 is 0 Å². The van der Waals surface area contributed by atoms with Crippen LogP contribution in [0.15, 0.2) is 52.1 Å². The number of Topliss-reactive ketones (excluding diaryl/α,β-unsaturated/α-hetero) is 1. The van der Waals surface area contributed by atoms with Gasteiger partial charge in [-0.3, -0.25) is 14.6 Å². The van der Waals surface area contributed by atoms with Gasteiger partial charge in [-0.1, -0.05) is 42.4 Å². The quantitative estimate of drug-likeness (QED) is 0.362. The number of aliphatic imine (C=N–C) groups is 1. The smallest absolute Gasteiger partial charge is 0.242 e. The minimum Gasteiger partial charge on any atom is -0.389 e. The average molecular weight is 383 g/mol. The molecule has 1 aromatic rings. The van der Waals surface area contributed by atoms with E-state index in [1.807, 2.05) is 30.3 Å². The first-order valence-corrected chi connectivity index (χ1v) is 9.33. The van der Waals surface area contributed by atoms with Crippen LogP contribution in [0.3, 0.4) is 0 Å². The average Bonchev–Trinajstić information content (AvgIpc) is 3.23. The van der Waals surface area contributed by atoms with Crippen molar-refractivity contribution in [1.29, 1.82) is 0 Å². The standard InChI is InChI=1S/C20H25N5O3/c1-12-14(18(26)15-8-5-9-23-15)10-16(24-17(12)20(22)27)19(21)25-28-11-13-6-3-2-4-7-13/h2-4,6-7,10,12,15,17,23H,5,8-9,11H2,1H3,(H2,21,25)(H2,22,27)/t12?,15-,17?/m0/s1. The van der Waals surface area contributed by atoms with Crippen molar-refractivity contribution in [3.05, 3.63) is 47.5 Å². The van der Waals surface area contributed by atoms with Gasteiger partial charge in [0.1, 0.15) is 18.4 Å². The summed E-state index contributed by atoms with van der Waals surface area (Å²) in [4.78, 5) is 34.4. The van der Waals surface area contributed by atoms with Gasteiger partial charge in [0.2, 0.25) is 5.91 Å². The molecule has 0 aliphatic carbocycles. The highest BCUT2D eigenvalue weighted by molar-refractivity contribution is 6.46. The van der Waals surface area contributed by atoms with E-state index in [1.165, 1.54) is 0 Å². The molecule has 0 saturated carbocycles. The van der Waals surface area contributed by atoms with Crippen molar-refractivity contribution < 1.29 is 14.4 Å². The van der Waals surface area contributed by atoms with Gasteiger partial charge in [0.15, 0.2) is 11.6 Å². The molecular formula is C20H25N5O3. The Morgan fingerprint density at radius 3 is 2.68 bits per heavy atom. The summed E-state index contributed by atoms with van der Waals surface area (Å²) >= 11 is 0. The van der Waals surface area contributed by atoms with Crippen LogP contribution in [0.2, 0.25) is 0 Å². The van der Waals surface area contributed by atoms with Gasteiger partial charge < -0.3 is 21.6 Å². The number of amidine groups is 1. The van der Waals surface area contributed by atoms with E-state index in [0.29, 0.717) is 5.57 Å². The number of nitrogens with zero attached hydrogens (tertiary/aromatic N) is 2. The van der Waals surface area contributed by atoms with Crippen molar-refractivity contribution in [2.24, 2.45) is 27.5 Å². The second-order valence-electron chi connectivity index (χ2n) is 7.00. The van der Waals surface area contributed by atoms with Crippen molar-refractivity contribution >= 4 is 23.2 Å². The van der Waals surface area contributed by atoms with Crippen LogP contribution in [-0.4, -0.2) is 41.9 Å². The zero-order chi connectivity index (χ0) is 20.1. The first-order valence-electron chi connectivity index (χ1n) is 9.33. The molecule has 0 bridgehead atoms. The Morgan fingerprint density at radius 2 is 2.04 bits per heavy atom. The maximum Gasteiger partial charge on any atom is 0.242 e. The SMILES string of the molecule is CC1C(C(=O)[C@@H]2CCCN2)=CC(C(N)=NOCc2ccccc2)=NC1C(N)=O. The number of primary amides is 1. The Kier molecular flexibility index (Phi) is 6.20. The number of carbonyl (C=O) groups is 2. The zero-order valence-corrected chi connectivity index (χ0v) is 15.8. The van der Waals surface area contributed by atoms with Crippen molar-refractivity contribution in [1.82, 2.24) is 5.32 Å². The van der Waals surface area contributed by atoms with Gasteiger partial charge >= 0.3 is 0 Å². The molecule has 0 aromatic heterocycles. The highest BCUT2D eigenvalue weighted by Crippen LogP contribution is 2.26. The van der Waals surface area contributed by atoms with E-state index in [4.69, 9.17) is 16.3 Å². The molecule has 2 aliphatic rings. The van der Waals surface area contributed by atoms with E-state index in [-0.39, 0.29) is 30.0 Å². The molecule has 1 aromatic carbocycles. The molecule has 148 valence electrons. The highest BCUT2D eigenvalue weighted by atomic mass is 16.6. The highest BCUT2D eigenvalue weighted by Gasteiger charge is 2.36. The van der Waals surface area contributed by atoms with E-state index < -0.39 is 17.9 Å². The summed E-state index contributed by atoms with van der Waals surface area (Å²) in [6.45, 7) is 2.81. The van der Waals surface area contributed by atoms with Crippen molar-refractivity contribution in [2.45, 2.75) is 38.5 Å². The van der Waals surface area contributed by atoms with E-state index >= 15 is 0 Å². The maximum atomic E-state index is 12.9. The molecule has 3 rings (SSSR count). The number of nitrogens with two attached hydrogens (primary N) is 2. The van der Waals surface area contributed by atoms with E-state index in [0.717, 1.165) is 24.9 Å². The lowest BCUT2D eigenvalue weighted by atomic mass is 9.84.